The van der Waals surface area contributed by atoms with Gasteiger partial charge in [0.05, 0.1) is 67.8 Å². The maximum Gasteiger partial charge on any atom is 0.101 e. The van der Waals surface area contributed by atoms with Crippen molar-refractivity contribution in [1.82, 2.24) is 9.13 Å². The average Bonchev–Trinajstić information content (AvgIpc) is 3.62. The Morgan fingerprint density at radius 3 is 1.20 bits per heavy atom. The molecule has 0 N–H and O–H groups in total. The monoisotopic (exact) mass is 584 g/mol. The van der Waals surface area contributed by atoms with Gasteiger partial charge < -0.3 is 9.13 Å². The number of hydrogen-bond acceptors (Lipinski definition) is 4. The summed E-state index contributed by atoms with van der Waals surface area (Å²) in [6, 6.07) is 47.9. The van der Waals surface area contributed by atoms with Crippen LogP contribution < -0.4 is 0 Å². The molecule has 0 aliphatic rings. The van der Waals surface area contributed by atoms with E-state index in [0.29, 0.717) is 33.6 Å². The third-order valence-corrected chi connectivity index (χ3v) is 8.65. The molecule has 0 aliphatic carbocycles. The first-order chi connectivity index (χ1) is 22.7. The average molecular weight is 585 g/mol. The van der Waals surface area contributed by atoms with Crippen LogP contribution in [0.1, 0.15) is 22.3 Å². The summed E-state index contributed by atoms with van der Waals surface area (Å²) in [5.74, 6) is 0. The maximum absolute atomic E-state index is 10.5. The third kappa shape index (κ3) is 3.73. The third-order valence-electron chi connectivity index (χ3n) is 8.65. The van der Waals surface area contributed by atoms with Gasteiger partial charge in [-0.15, -0.1) is 0 Å². The van der Waals surface area contributed by atoms with Crippen molar-refractivity contribution in [2.75, 3.05) is 0 Å². The Hall–Kier alpha value is -7.12. The Morgan fingerprint density at radius 2 is 0.783 bits per heavy atom. The molecule has 210 valence electrons. The zero-order chi connectivity index (χ0) is 31.4. The number of hydrogen-bond donors (Lipinski definition) is 0. The minimum absolute atomic E-state index is 0.471. The lowest BCUT2D eigenvalue weighted by Gasteiger charge is -2.20. The fourth-order valence-corrected chi connectivity index (χ4v) is 6.75. The van der Waals surface area contributed by atoms with Gasteiger partial charge in [-0.1, -0.05) is 60.7 Å². The first-order valence-electron chi connectivity index (χ1n) is 14.6. The van der Waals surface area contributed by atoms with Crippen LogP contribution in [0.15, 0.2) is 121 Å². The van der Waals surface area contributed by atoms with Gasteiger partial charge in [0.1, 0.15) is 12.1 Å². The Morgan fingerprint density at radius 1 is 0.370 bits per heavy atom. The van der Waals surface area contributed by atoms with E-state index in [4.69, 9.17) is 0 Å². The summed E-state index contributed by atoms with van der Waals surface area (Å²) < 4.78 is 4.18. The first-order valence-corrected chi connectivity index (χ1v) is 14.6. The molecule has 0 atom stereocenters. The Bertz CT molecular complexity index is 2560. The fourth-order valence-electron chi connectivity index (χ4n) is 6.75. The number of fused-ring (bicyclic) bond motifs is 6. The van der Waals surface area contributed by atoms with Crippen molar-refractivity contribution in [3.8, 4) is 46.8 Å². The topological polar surface area (TPSA) is 105 Å². The Balaban J connectivity index is 1.53. The molecule has 0 bridgehead atoms. The van der Waals surface area contributed by atoms with E-state index in [1.54, 1.807) is 24.3 Å². The lowest BCUT2D eigenvalue weighted by Crippen LogP contribution is -2.05. The summed E-state index contributed by atoms with van der Waals surface area (Å²) in [4.78, 5) is 0. The van der Waals surface area contributed by atoms with E-state index in [0.717, 1.165) is 54.7 Å². The highest BCUT2D eigenvalue weighted by molar-refractivity contribution is 6.12. The van der Waals surface area contributed by atoms with Crippen molar-refractivity contribution in [1.29, 1.82) is 21.0 Å². The van der Waals surface area contributed by atoms with Gasteiger partial charge in [0.25, 0.3) is 0 Å². The number of benzene rings is 6. The zero-order valence-corrected chi connectivity index (χ0v) is 24.2. The van der Waals surface area contributed by atoms with E-state index in [-0.39, 0.29) is 0 Å². The molecular formula is C40H20N6. The van der Waals surface area contributed by atoms with E-state index < -0.39 is 0 Å². The number of nitriles is 4. The summed E-state index contributed by atoms with van der Waals surface area (Å²) in [5.41, 5.74) is 8.50. The highest BCUT2D eigenvalue weighted by Gasteiger charge is 2.24. The molecule has 0 saturated carbocycles. The van der Waals surface area contributed by atoms with Crippen LogP contribution in [-0.4, -0.2) is 9.13 Å². The zero-order valence-electron chi connectivity index (χ0n) is 24.2. The summed E-state index contributed by atoms with van der Waals surface area (Å²) in [7, 11) is 0. The highest BCUT2D eigenvalue weighted by Crippen LogP contribution is 2.42. The fraction of sp³-hybridized carbons (Fsp3) is 0. The quantitative estimate of drug-likeness (QED) is 0.207. The predicted molar refractivity (Wildman–Crippen MR) is 179 cm³/mol. The van der Waals surface area contributed by atoms with Crippen LogP contribution in [-0.2, 0) is 0 Å². The first kappa shape index (κ1) is 26.5. The maximum atomic E-state index is 10.5. The van der Waals surface area contributed by atoms with Crippen molar-refractivity contribution in [3.05, 3.63) is 144 Å². The van der Waals surface area contributed by atoms with Crippen LogP contribution in [0.2, 0.25) is 0 Å². The molecule has 0 aliphatic heterocycles. The van der Waals surface area contributed by atoms with Crippen LogP contribution in [0.4, 0.5) is 0 Å². The summed E-state index contributed by atoms with van der Waals surface area (Å²) in [6.07, 6.45) is 0. The normalized spacial score (nSPS) is 11.0. The second-order valence-corrected chi connectivity index (χ2v) is 11.0. The molecule has 8 aromatic rings. The number of aromatic nitrogens is 2. The Kier molecular flexibility index (Phi) is 5.91. The van der Waals surface area contributed by atoms with Gasteiger partial charge in [-0.25, -0.2) is 0 Å². The smallest absolute Gasteiger partial charge is 0.101 e. The molecule has 8 rings (SSSR count). The van der Waals surface area contributed by atoms with Gasteiger partial charge in [-0.2, -0.15) is 21.0 Å². The van der Waals surface area contributed by atoms with Crippen LogP contribution in [0.5, 0.6) is 0 Å². The molecular weight excluding hydrogens is 564 g/mol. The molecule has 2 aromatic heterocycles. The molecule has 6 nitrogen and oxygen atoms in total. The van der Waals surface area contributed by atoms with Gasteiger partial charge in [-0.3, -0.25) is 0 Å². The lowest BCUT2D eigenvalue weighted by molar-refractivity contribution is 1.15. The van der Waals surface area contributed by atoms with E-state index in [1.165, 1.54) is 0 Å². The van der Waals surface area contributed by atoms with Crippen molar-refractivity contribution in [3.63, 3.8) is 0 Å². The molecule has 0 amide bonds. The number of para-hydroxylation sites is 4. The second-order valence-electron chi connectivity index (χ2n) is 11.0. The van der Waals surface area contributed by atoms with Gasteiger partial charge in [0.15, 0.2) is 0 Å². The standard InChI is InChI=1S/C40H20N6/c41-21-25-15-17-37-33(19-25)29-9-1-3-13-35(29)45(37)39-27(23-43)7-5-11-31(39)32-12-6-8-28(24-44)40(32)46-36-14-4-2-10-30(36)34-20-26(22-42)16-18-38(34)46/h1-20H. The largest absolute Gasteiger partial charge is 0.307 e. The number of nitrogens with zero attached hydrogens (tertiary/aromatic N) is 6. The van der Waals surface area contributed by atoms with Gasteiger partial charge in [0, 0.05) is 32.7 Å². The van der Waals surface area contributed by atoms with Crippen LogP contribution >= 0.6 is 0 Å². The molecule has 46 heavy (non-hydrogen) atoms. The predicted octanol–water partition coefficient (Wildman–Crippen LogP) is 9.03. The number of rotatable bonds is 3. The van der Waals surface area contributed by atoms with E-state index in [1.807, 2.05) is 97.1 Å². The molecule has 2 heterocycles. The second kappa shape index (κ2) is 10.3. The molecule has 6 heteroatoms. The van der Waals surface area contributed by atoms with Gasteiger partial charge >= 0.3 is 0 Å². The molecule has 6 aromatic carbocycles. The molecule has 0 fully saturated rings. The van der Waals surface area contributed by atoms with Crippen molar-refractivity contribution in [2.24, 2.45) is 0 Å². The highest BCUT2D eigenvalue weighted by atomic mass is 15.0. The van der Waals surface area contributed by atoms with Crippen molar-refractivity contribution < 1.29 is 0 Å². The minimum atomic E-state index is 0.471. The lowest BCUT2D eigenvalue weighted by atomic mass is 9.95. The van der Waals surface area contributed by atoms with Gasteiger partial charge in [-0.05, 0) is 60.7 Å². The van der Waals surface area contributed by atoms with Crippen molar-refractivity contribution in [2.45, 2.75) is 0 Å². The van der Waals surface area contributed by atoms with Crippen molar-refractivity contribution >= 4 is 43.6 Å². The summed E-state index contributed by atoms with van der Waals surface area (Å²) >= 11 is 0. The van der Waals surface area contributed by atoms with Gasteiger partial charge in [0.2, 0.25) is 0 Å². The minimum Gasteiger partial charge on any atom is -0.307 e. The van der Waals surface area contributed by atoms with E-state index in [9.17, 15) is 21.0 Å². The Labute approximate surface area is 263 Å². The van der Waals surface area contributed by atoms with Crippen LogP contribution in [0.25, 0.3) is 66.1 Å². The molecule has 0 unspecified atom stereocenters. The molecule has 0 radical (unpaired) electrons. The van der Waals surface area contributed by atoms with E-state index >= 15 is 0 Å². The molecule has 0 spiro atoms. The van der Waals surface area contributed by atoms with Crippen LogP contribution in [0, 0.1) is 45.3 Å². The SMILES string of the molecule is N#Cc1ccc2c(c1)c1ccccc1n2-c1c(C#N)cccc1-c1cccc(C#N)c1-n1c2ccccc2c2cc(C#N)ccc21. The summed E-state index contributed by atoms with van der Waals surface area (Å²) in [6.45, 7) is 0. The molecule has 0 saturated heterocycles. The van der Waals surface area contributed by atoms with Crippen LogP contribution in [0.3, 0.4) is 0 Å². The summed E-state index contributed by atoms with van der Waals surface area (Å²) in [5, 5.41) is 44.1. The van der Waals surface area contributed by atoms with E-state index in [2.05, 4.69) is 33.4 Å².